The summed E-state index contributed by atoms with van der Waals surface area (Å²) in [5.74, 6) is -0.996. The Morgan fingerprint density at radius 1 is 1.26 bits per heavy atom. The van der Waals surface area contributed by atoms with E-state index >= 15 is 0 Å². The summed E-state index contributed by atoms with van der Waals surface area (Å²) in [6, 6.07) is 0. The van der Waals surface area contributed by atoms with E-state index in [1.54, 1.807) is 20.8 Å². The average molecular weight is 397 g/mol. The summed E-state index contributed by atoms with van der Waals surface area (Å²) in [7, 11) is 0. The van der Waals surface area contributed by atoms with E-state index in [-0.39, 0.29) is 12.7 Å². The molecule has 0 aromatic carbocycles. The van der Waals surface area contributed by atoms with Crippen LogP contribution in [0, 0.1) is 5.92 Å². The zero-order chi connectivity index (χ0) is 20.0. The second-order valence-corrected chi connectivity index (χ2v) is 7.96. The van der Waals surface area contributed by atoms with Crippen LogP contribution >= 0.6 is 11.3 Å². The van der Waals surface area contributed by atoms with Crippen molar-refractivity contribution in [2.45, 2.75) is 53.1 Å². The van der Waals surface area contributed by atoms with Crippen LogP contribution in [0.2, 0.25) is 0 Å². The molecule has 1 N–H and O–H groups in total. The monoisotopic (exact) mass is 397 g/mol. The van der Waals surface area contributed by atoms with Gasteiger partial charge in [-0.25, -0.2) is 9.59 Å². The van der Waals surface area contributed by atoms with Crippen molar-refractivity contribution in [3.8, 4) is 0 Å². The summed E-state index contributed by atoms with van der Waals surface area (Å²) in [6.45, 7) is 7.28. The fourth-order valence-electron chi connectivity index (χ4n) is 2.86. The number of anilines is 1. The van der Waals surface area contributed by atoms with E-state index in [0.717, 1.165) is 29.7 Å². The van der Waals surface area contributed by atoms with E-state index < -0.39 is 24.5 Å². The number of nitrogens with one attached hydrogen (secondary N) is 1. The third kappa shape index (κ3) is 6.04. The molecule has 1 aromatic heterocycles. The number of esters is 2. The first-order chi connectivity index (χ1) is 12.8. The highest BCUT2D eigenvalue weighted by Gasteiger charge is 2.29. The molecule has 0 saturated heterocycles. The highest BCUT2D eigenvalue weighted by Crippen LogP contribution is 2.40. The SMILES string of the molecule is CCOCC(=O)OCC(=O)Nc1sc2c(c1C(=O)OC(C)C)CCC(C)C2. The molecular formula is C19H27NO6S. The predicted molar refractivity (Wildman–Crippen MR) is 102 cm³/mol. The molecule has 1 heterocycles. The number of fused-ring (bicyclic) bond motifs is 1. The van der Waals surface area contributed by atoms with Crippen molar-refractivity contribution in [1.29, 1.82) is 0 Å². The molecule has 1 aromatic rings. The van der Waals surface area contributed by atoms with Gasteiger partial charge in [-0.15, -0.1) is 11.3 Å². The lowest BCUT2D eigenvalue weighted by molar-refractivity contribution is -0.151. The van der Waals surface area contributed by atoms with Gasteiger partial charge in [-0.3, -0.25) is 4.79 Å². The van der Waals surface area contributed by atoms with Gasteiger partial charge in [0.2, 0.25) is 0 Å². The third-order valence-electron chi connectivity index (χ3n) is 4.10. The lowest BCUT2D eigenvalue weighted by atomic mass is 9.88. The quantitative estimate of drug-likeness (QED) is 0.678. The van der Waals surface area contributed by atoms with Gasteiger partial charge >= 0.3 is 11.9 Å². The van der Waals surface area contributed by atoms with Gasteiger partial charge in [0.25, 0.3) is 5.91 Å². The molecule has 8 heteroatoms. The Morgan fingerprint density at radius 2 is 2.00 bits per heavy atom. The minimum atomic E-state index is -0.606. The Labute approximate surface area is 163 Å². The molecule has 0 fully saturated rings. The molecule has 0 bridgehead atoms. The lowest BCUT2D eigenvalue weighted by Gasteiger charge is -2.18. The molecule has 0 aliphatic heterocycles. The Bertz CT molecular complexity index is 697. The Hall–Kier alpha value is -1.93. The number of thiophene rings is 1. The van der Waals surface area contributed by atoms with Crippen molar-refractivity contribution in [2.24, 2.45) is 5.92 Å². The molecule has 27 heavy (non-hydrogen) atoms. The smallest absolute Gasteiger partial charge is 0.341 e. The summed E-state index contributed by atoms with van der Waals surface area (Å²) >= 11 is 1.40. The van der Waals surface area contributed by atoms with Crippen molar-refractivity contribution in [1.82, 2.24) is 0 Å². The van der Waals surface area contributed by atoms with Gasteiger partial charge in [-0.1, -0.05) is 6.92 Å². The van der Waals surface area contributed by atoms with Crippen LogP contribution in [-0.4, -0.2) is 43.8 Å². The minimum Gasteiger partial charge on any atom is -0.459 e. The number of hydrogen-bond donors (Lipinski definition) is 1. The molecular weight excluding hydrogens is 370 g/mol. The summed E-state index contributed by atoms with van der Waals surface area (Å²) in [6.07, 6.45) is 2.41. The number of carbonyl (C=O) groups excluding carboxylic acids is 3. The second kappa shape index (κ2) is 9.85. The molecule has 1 aliphatic rings. The van der Waals surface area contributed by atoms with Gasteiger partial charge in [-0.2, -0.15) is 0 Å². The first kappa shape index (κ1) is 21.4. The zero-order valence-corrected chi connectivity index (χ0v) is 17.1. The Balaban J connectivity index is 2.11. The van der Waals surface area contributed by atoms with Gasteiger partial charge in [-0.05, 0) is 51.5 Å². The number of amides is 1. The highest BCUT2D eigenvalue weighted by atomic mass is 32.1. The van der Waals surface area contributed by atoms with Crippen LogP contribution in [0.15, 0.2) is 0 Å². The number of hydrogen-bond acceptors (Lipinski definition) is 7. The molecule has 150 valence electrons. The van der Waals surface area contributed by atoms with Crippen molar-refractivity contribution in [3.63, 3.8) is 0 Å². The zero-order valence-electron chi connectivity index (χ0n) is 16.3. The largest absolute Gasteiger partial charge is 0.459 e. The first-order valence-corrected chi connectivity index (χ1v) is 10.0. The normalized spacial score (nSPS) is 16.0. The average Bonchev–Trinajstić information content (AvgIpc) is 2.94. The van der Waals surface area contributed by atoms with Crippen LogP contribution in [0.1, 0.15) is 54.9 Å². The van der Waals surface area contributed by atoms with Crippen molar-refractivity contribution in [2.75, 3.05) is 25.1 Å². The van der Waals surface area contributed by atoms with Crippen LogP contribution in [0.3, 0.4) is 0 Å². The number of ether oxygens (including phenoxy) is 3. The van der Waals surface area contributed by atoms with Crippen molar-refractivity contribution < 1.29 is 28.6 Å². The van der Waals surface area contributed by atoms with E-state index in [1.165, 1.54) is 11.3 Å². The fourth-order valence-corrected chi connectivity index (χ4v) is 4.28. The van der Waals surface area contributed by atoms with E-state index in [2.05, 4.69) is 12.2 Å². The fraction of sp³-hybridized carbons (Fsp3) is 0.632. The lowest BCUT2D eigenvalue weighted by Crippen LogP contribution is -2.24. The van der Waals surface area contributed by atoms with Crippen LogP contribution in [0.5, 0.6) is 0 Å². The maximum absolute atomic E-state index is 12.6. The molecule has 1 aliphatic carbocycles. The summed E-state index contributed by atoms with van der Waals surface area (Å²) in [5.41, 5.74) is 1.40. The first-order valence-electron chi connectivity index (χ1n) is 9.20. The van der Waals surface area contributed by atoms with Crippen LogP contribution in [0.4, 0.5) is 5.00 Å². The van der Waals surface area contributed by atoms with Crippen LogP contribution in [0.25, 0.3) is 0 Å². The highest BCUT2D eigenvalue weighted by molar-refractivity contribution is 7.17. The molecule has 0 saturated carbocycles. The minimum absolute atomic E-state index is 0.194. The number of rotatable bonds is 8. The van der Waals surface area contributed by atoms with Crippen LogP contribution < -0.4 is 5.32 Å². The second-order valence-electron chi connectivity index (χ2n) is 6.86. The molecule has 1 atom stereocenters. The van der Waals surface area contributed by atoms with E-state index in [4.69, 9.17) is 14.2 Å². The standard InChI is InChI=1S/C19H27NO6S/c1-5-24-10-16(22)25-9-15(21)20-18-17(19(23)26-11(2)3)13-7-6-12(4)8-14(13)27-18/h11-12H,5-10H2,1-4H3,(H,20,21). The summed E-state index contributed by atoms with van der Waals surface area (Å²) in [5, 5.41) is 3.17. The van der Waals surface area contributed by atoms with Gasteiger partial charge in [0.05, 0.1) is 11.7 Å². The van der Waals surface area contributed by atoms with Gasteiger partial charge in [0.15, 0.2) is 6.61 Å². The summed E-state index contributed by atoms with van der Waals surface area (Å²) in [4.78, 5) is 37.3. The maximum atomic E-state index is 12.6. The molecule has 2 rings (SSSR count). The molecule has 1 unspecified atom stereocenters. The Morgan fingerprint density at radius 3 is 2.67 bits per heavy atom. The third-order valence-corrected chi connectivity index (χ3v) is 5.27. The predicted octanol–water partition coefficient (Wildman–Crippen LogP) is 2.96. The van der Waals surface area contributed by atoms with Crippen molar-refractivity contribution >= 4 is 34.2 Å². The molecule has 0 radical (unpaired) electrons. The maximum Gasteiger partial charge on any atom is 0.341 e. The Kier molecular flexibility index (Phi) is 7.79. The van der Waals surface area contributed by atoms with Crippen molar-refractivity contribution in [3.05, 3.63) is 16.0 Å². The van der Waals surface area contributed by atoms with E-state index in [1.807, 2.05) is 0 Å². The van der Waals surface area contributed by atoms with Crippen LogP contribution in [-0.2, 0) is 36.6 Å². The van der Waals surface area contributed by atoms with Gasteiger partial charge in [0, 0.05) is 11.5 Å². The molecule has 0 spiro atoms. The molecule has 1 amide bonds. The van der Waals surface area contributed by atoms with E-state index in [0.29, 0.717) is 23.1 Å². The van der Waals surface area contributed by atoms with Gasteiger partial charge in [0.1, 0.15) is 11.6 Å². The topological polar surface area (TPSA) is 90.9 Å². The molecule has 7 nitrogen and oxygen atoms in total. The van der Waals surface area contributed by atoms with E-state index in [9.17, 15) is 14.4 Å². The number of carbonyl (C=O) groups is 3. The summed E-state index contributed by atoms with van der Waals surface area (Å²) < 4.78 is 15.2. The van der Waals surface area contributed by atoms with Gasteiger partial charge < -0.3 is 19.5 Å².